The molecule has 1 heterocycles. The third kappa shape index (κ3) is 2.86. The van der Waals surface area contributed by atoms with Gasteiger partial charge in [0.15, 0.2) is 0 Å². The second kappa shape index (κ2) is 5.84. The van der Waals surface area contributed by atoms with E-state index >= 15 is 0 Å². The largest absolute Gasteiger partial charge is 0.505 e. The lowest BCUT2D eigenvalue weighted by Crippen LogP contribution is -1.97. The number of nitrogens with zero attached hydrogens (tertiary/aromatic N) is 2. The van der Waals surface area contributed by atoms with Gasteiger partial charge in [-0.05, 0) is 38.0 Å². The van der Waals surface area contributed by atoms with Crippen molar-refractivity contribution >= 4 is 11.9 Å². The zero-order valence-electron chi connectivity index (χ0n) is 11.9. The topological polar surface area (TPSA) is 65.7 Å². The molecule has 4 nitrogen and oxygen atoms in total. The number of rotatable bonds is 3. The summed E-state index contributed by atoms with van der Waals surface area (Å²) in [5, 5.41) is 19.4. The lowest BCUT2D eigenvalue weighted by Gasteiger charge is -2.07. The van der Waals surface area contributed by atoms with Crippen molar-refractivity contribution in [1.29, 1.82) is 0 Å². The Hall–Kier alpha value is -2.20. The van der Waals surface area contributed by atoms with E-state index in [0.29, 0.717) is 16.8 Å². The van der Waals surface area contributed by atoms with Gasteiger partial charge < -0.3 is 10.2 Å². The molecule has 0 aliphatic rings. The summed E-state index contributed by atoms with van der Waals surface area (Å²) in [6.07, 6.45) is 3.14. The van der Waals surface area contributed by atoms with Gasteiger partial charge >= 0.3 is 0 Å². The third-order valence-electron chi connectivity index (χ3n) is 3.23. The second-order valence-electron chi connectivity index (χ2n) is 4.84. The standard InChI is InChI=1S/C16H18N2O2/c1-10-4-5-11(2)15(6-10)18-8-14-13(9-19)7-17-12(3)16(14)20/h4-8,19-20H,9H2,1-3H3. The van der Waals surface area contributed by atoms with E-state index in [1.54, 1.807) is 19.3 Å². The monoisotopic (exact) mass is 270 g/mol. The molecule has 1 aromatic heterocycles. The molecule has 0 unspecified atom stereocenters. The molecule has 0 radical (unpaired) electrons. The number of hydrogen-bond donors (Lipinski definition) is 2. The number of aliphatic hydroxyl groups excluding tert-OH is 1. The van der Waals surface area contributed by atoms with Crippen molar-refractivity contribution in [2.75, 3.05) is 0 Å². The molecule has 4 heteroatoms. The molecule has 0 spiro atoms. The van der Waals surface area contributed by atoms with E-state index in [0.717, 1.165) is 16.8 Å². The van der Waals surface area contributed by atoms with Crippen LogP contribution in [0.4, 0.5) is 5.69 Å². The highest BCUT2D eigenvalue weighted by atomic mass is 16.3. The van der Waals surface area contributed by atoms with Crippen molar-refractivity contribution in [2.24, 2.45) is 4.99 Å². The van der Waals surface area contributed by atoms with E-state index in [1.807, 2.05) is 32.0 Å². The highest BCUT2D eigenvalue weighted by Crippen LogP contribution is 2.24. The minimum atomic E-state index is -0.186. The molecule has 0 atom stereocenters. The average molecular weight is 270 g/mol. The minimum absolute atomic E-state index is 0.0607. The molecular weight excluding hydrogens is 252 g/mol. The average Bonchev–Trinajstić information content (AvgIpc) is 2.44. The minimum Gasteiger partial charge on any atom is -0.505 e. The van der Waals surface area contributed by atoms with Crippen LogP contribution >= 0.6 is 0 Å². The van der Waals surface area contributed by atoms with Crippen LogP contribution in [0.15, 0.2) is 29.4 Å². The first-order valence-electron chi connectivity index (χ1n) is 6.42. The van der Waals surface area contributed by atoms with Crippen LogP contribution in [0.3, 0.4) is 0 Å². The summed E-state index contributed by atoms with van der Waals surface area (Å²) in [5.41, 5.74) is 4.62. The summed E-state index contributed by atoms with van der Waals surface area (Å²) in [4.78, 5) is 8.45. The lowest BCUT2D eigenvalue weighted by atomic mass is 10.1. The van der Waals surface area contributed by atoms with Crippen LogP contribution in [0.25, 0.3) is 0 Å². The second-order valence-corrected chi connectivity index (χ2v) is 4.84. The van der Waals surface area contributed by atoms with Gasteiger partial charge in [0.1, 0.15) is 5.75 Å². The van der Waals surface area contributed by atoms with Gasteiger partial charge in [-0.3, -0.25) is 9.98 Å². The van der Waals surface area contributed by atoms with Crippen LogP contribution in [0.2, 0.25) is 0 Å². The summed E-state index contributed by atoms with van der Waals surface area (Å²) in [5.74, 6) is 0.0607. The van der Waals surface area contributed by atoms with Gasteiger partial charge in [0.25, 0.3) is 0 Å². The van der Waals surface area contributed by atoms with Crippen molar-refractivity contribution < 1.29 is 10.2 Å². The van der Waals surface area contributed by atoms with Crippen LogP contribution < -0.4 is 0 Å². The fourth-order valence-electron chi connectivity index (χ4n) is 1.92. The van der Waals surface area contributed by atoms with Gasteiger partial charge in [-0.1, -0.05) is 12.1 Å². The van der Waals surface area contributed by atoms with Crippen LogP contribution in [0.5, 0.6) is 5.75 Å². The first-order valence-corrected chi connectivity index (χ1v) is 6.42. The molecule has 0 aliphatic carbocycles. The molecule has 2 N–H and O–H groups in total. The van der Waals surface area contributed by atoms with Crippen molar-refractivity contribution in [3.63, 3.8) is 0 Å². The van der Waals surface area contributed by atoms with Crippen molar-refractivity contribution in [3.05, 3.63) is 52.3 Å². The maximum absolute atomic E-state index is 10.0. The highest BCUT2D eigenvalue weighted by Gasteiger charge is 2.09. The Morgan fingerprint density at radius 1 is 1.25 bits per heavy atom. The Labute approximate surface area is 118 Å². The normalized spacial score (nSPS) is 11.2. The number of pyridine rings is 1. The van der Waals surface area contributed by atoms with Gasteiger partial charge in [-0.25, -0.2) is 0 Å². The molecule has 2 aromatic rings. The summed E-state index contributed by atoms with van der Waals surface area (Å²) in [6.45, 7) is 5.52. The van der Waals surface area contributed by atoms with Crippen molar-refractivity contribution in [2.45, 2.75) is 27.4 Å². The van der Waals surface area contributed by atoms with Gasteiger partial charge in [-0.2, -0.15) is 0 Å². The Morgan fingerprint density at radius 3 is 2.70 bits per heavy atom. The van der Waals surface area contributed by atoms with E-state index in [-0.39, 0.29) is 12.4 Å². The summed E-state index contributed by atoms with van der Waals surface area (Å²) >= 11 is 0. The first kappa shape index (κ1) is 14.2. The van der Waals surface area contributed by atoms with E-state index in [4.69, 9.17) is 0 Å². The molecule has 20 heavy (non-hydrogen) atoms. The molecule has 0 saturated heterocycles. The smallest absolute Gasteiger partial charge is 0.145 e. The van der Waals surface area contributed by atoms with Crippen LogP contribution in [-0.4, -0.2) is 21.4 Å². The quantitative estimate of drug-likeness (QED) is 0.843. The zero-order chi connectivity index (χ0) is 14.7. The van der Waals surface area contributed by atoms with Crippen LogP contribution in [0.1, 0.15) is 27.9 Å². The number of aliphatic imine (C=N–C) groups is 1. The Morgan fingerprint density at radius 2 is 2.00 bits per heavy atom. The molecule has 0 aliphatic heterocycles. The summed E-state index contributed by atoms with van der Waals surface area (Å²) in [7, 11) is 0. The number of aliphatic hydroxyl groups is 1. The van der Waals surface area contributed by atoms with Crippen molar-refractivity contribution in [3.8, 4) is 5.75 Å². The van der Waals surface area contributed by atoms with Gasteiger partial charge in [0, 0.05) is 23.5 Å². The van der Waals surface area contributed by atoms with Gasteiger partial charge in [0.05, 0.1) is 18.0 Å². The van der Waals surface area contributed by atoms with Crippen molar-refractivity contribution in [1.82, 2.24) is 4.98 Å². The van der Waals surface area contributed by atoms with E-state index < -0.39 is 0 Å². The van der Waals surface area contributed by atoms with E-state index in [1.165, 1.54) is 0 Å². The highest BCUT2D eigenvalue weighted by molar-refractivity contribution is 5.87. The van der Waals surface area contributed by atoms with E-state index in [2.05, 4.69) is 9.98 Å². The van der Waals surface area contributed by atoms with Crippen LogP contribution in [-0.2, 0) is 6.61 Å². The maximum atomic E-state index is 10.0. The summed E-state index contributed by atoms with van der Waals surface area (Å²) in [6, 6.07) is 6.02. The lowest BCUT2D eigenvalue weighted by molar-refractivity contribution is 0.280. The molecule has 0 saturated carbocycles. The Kier molecular flexibility index (Phi) is 4.15. The van der Waals surface area contributed by atoms with Gasteiger partial charge in [0.2, 0.25) is 0 Å². The summed E-state index contributed by atoms with van der Waals surface area (Å²) < 4.78 is 0. The number of benzene rings is 1. The number of hydrogen-bond acceptors (Lipinski definition) is 4. The third-order valence-corrected chi connectivity index (χ3v) is 3.23. The van der Waals surface area contributed by atoms with E-state index in [9.17, 15) is 10.2 Å². The SMILES string of the molecule is Cc1ccc(C)c(N=Cc2c(CO)cnc(C)c2O)c1. The number of aryl methyl sites for hydroxylation is 3. The Bertz CT molecular complexity index is 664. The molecule has 0 amide bonds. The molecule has 1 aromatic carbocycles. The maximum Gasteiger partial charge on any atom is 0.145 e. The molecule has 0 fully saturated rings. The number of aromatic nitrogens is 1. The predicted molar refractivity (Wildman–Crippen MR) is 79.7 cm³/mol. The molecule has 104 valence electrons. The van der Waals surface area contributed by atoms with Gasteiger partial charge in [-0.15, -0.1) is 0 Å². The fourth-order valence-corrected chi connectivity index (χ4v) is 1.92. The first-order chi connectivity index (χ1) is 9.52. The Balaban J connectivity index is 2.46. The molecule has 0 bridgehead atoms. The predicted octanol–water partition coefficient (Wildman–Crippen LogP) is 2.96. The fraction of sp³-hybridized carbons (Fsp3) is 0.250. The number of aromatic hydroxyl groups is 1. The molecule has 2 rings (SSSR count). The molecular formula is C16H18N2O2. The van der Waals surface area contributed by atoms with Crippen LogP contribution in [0, 0.1) is 20.8 Å². The zero-order valence-corrected chi connectivity index (χ0v) is 11.9.